The molecule has 0 bridgehead atoms. The second-order valence-electron chi connectivity index (χ2n) is 4.70. The number of hydrogen-bond donors (Lipinski definition) is 2. The summed E-state index contributed by atoms with van der Waals surface area (Å²) in [6, 6.07) is 2.71. The summed E-state index contributed by atoms with van der Waals surface area (Å²) in [5.41, 5.74) is -0.525. The third-order valence-electron chi connectivity index (χ3n) is 3.20. The summed E-state index contributed by atoms with van der Waals surface area (Å²) in [7, 11) is -7.03. The van der Waals surface area contributed by atoms with Crippen molar-refractivity contribution in [1.29, 1.82) is 0 Å². The van der Waals surface area contributed by atoms with Gasteiger partial charge in [-0.15, -0.1) is 0 Å². The molecule has 1 aromatic heterocycles. The normalized spacial score (nSPS) is 19.0. The number of carboxylic acid groups (broad SMARTS) is 1. The smallest absolute Gasteiger partial charge is 0.356 e. The first kappa shape index (κ1) is 15.7. The van der Waals surface area contributed by atoms with E-state index in [0.717, 1.165) is 0 Å². The molecule has 0 spiro atoms. The second kappa shape index (κ2) is 5.60. The molecule has 116 valence electrons. The highest BCUT2D eigenvalue weighted by molar-refractivity contribution is 7.94. The number of hydrogen-bond acceptors (Lipinski definition) is 6. The van der Waals surface area contributed by atoms with Crippen LogP contribution in [-0.4, -0.2) is 49.7 Å². The van der Waals surface area contributed by atoms with Crippen LogP contribution < -0.4 is 4.72 Å². The fourth-order valence-corrected chi connectivity index (χ4v) is 5.36. The van der Waals surface area contributed by atoms with Crippen LogP contribution in [0.3, 0.4) is 0 Å². The minimum Gasteiger partial charge on any atom is -0.476 e. The van der Waals surface area contributed by atoms with Crippen molar-refractivity contribution in [2.24, 2.45) is 0 Å². The number of anilines is 1. The van der Waals surface area contributed by atoms with Gasteiger partial charge >= 0.3 is 5.97 Å². The molecule has 8 nitrogen and oxygen atoms in total. The topological polar surface area (TPSA) is 130 Å². The molecule has 21 heavy (non-hydrogen) atoms. The minimum atomic E-state index is -3.86. The van der Waals surface area contributed by atoms with Gasteiger partial charge in [-0.1, -0.05) is 0 Å². The van der Waals surface area contributed by atoms with Gasteiger partial charge in [0.2, 0.25) is 10.0 Å². The van der Waals surface area contributed by atoms with E-state index in [1.54, 1.807) is 0 Å². The van der Waals surface area contributed by atoms with Crippen molar-refractivity contribution in [2.75, 3.05) is 16.2 Å². The van der Waals surface area contributed by atoms with Crippen LogP contribution in [0.25, 0.3) is 0 Å². The van der Waals surface area contributed by atoms with Crippen LogP contribution in [0.1, 0.15) is 23.3 Å². The number of pyridine rings is 1. The van der Waals surface area contributed by atoms with Crippen LogP contribution in [0.4, 0.5) is 5.69 Å². The zero-order valence-corrected chi connectivity index (χ0v) is 12.5. The average Bonchev–Trinajstić information content (AvgIpc) is 2.38. The predicted molar refractivity (Wildman–Crippen MR) is 75.4 cm³/mol. The van der Waals surface area contributed by atoms with E-state index in [9.17, 15) is 21.6 Å². The summed E-state index contributed by atoms with van der Waals surface area (Å²) in [4.78, 5) is 14.6. The Labute approximate surface area is 122 Å². The summed E-state index contributed by atoms with van der Waals surface area (Å²) in [5, 5.41) is 8.11. The number of rotatable bonds is 4. The molecule has 1 aromatic rings. The number of nitrogens with zero attached hydrogens (tertiary/aromatic N) is 1. The fourth-order valence-electron chi connectivity index (χ4n) is 2.07. The molecule has 0 saturated carbocycles. The Kier molecular flexibility index (Phi) is 4.19. The molecule has 2 heterocycles. The maximum absolute atomic E-state index is 12.2. The van der Waals surface area contributed by atoms with Crippen molar-refractivity contribution < 1.29 is 26.7 Å². The van der Waals surface area contributed by atoms with Gasteiger partial charge < -0.3 is 5.11 Å². The molecule has 0 atom stereocenters. The van der Waals surface area contributed by atoms with E-state index in [1.807, 2.05) is 0 Å². The number of carbonyl (C=O) groups is 1. The van der Waals surface area contributed by atoms with Gasteiger partial charge in [0, 0.05) is 6.20 Å². The van der Waals surface area contributed by atoms with Gasteiger partial charge in [0.15, 0.2) is 5.69 Å². The molecule has 1 saturated heterocycles. The van der Waals surface area contributed by atoms with Crippen LogP contribution in [0.2, 0.25) is 0 Å². The standard InChI is InChI=1S/C11H14N2O6S2/c14-11(15)10-9(2-1-5-12-10)13-21(18,19)8-3-6-20(16,17)7-4-8/h1-2,5,8,13H,3-4,6-7H2,(H,14,15). The van der Waals surface area contributed by atoms with E-state index in [0.29, 0.717) is 0 Å². The average molecular weight is 334 g/mol. The Balaban J connectivity index is 2.21. The van der Waals surface area contributed by atoms with Crippen molar-refractivity contribution in [3.8, 4) is 0 Å². The van der Waals surface area contributed by atoms with Crippen molar-refractivity contribution >= 4 is 31.5 Å². The lowest BCUT2D eigenvalue weighted by molar-refractivity contribution is 0.0691. The number of carboxylic acids is 1. The summed E-state index contributed by atoms with van der Waals surface area (Å²) in [6.07, 6.45) is 1.25. The zero-order chi connectivity index (χ0) is 15.7. The molecule has 0 aliphatic carbocycles. The monoisotopic (exact) mass is 334 g/mol. The molecule has 1 fully saturated rings. The highest BCUT2D eigenvalue weighted by atomic mass is 32.2. The summed E-state index contributed by atoms with van der Waals surface area (Å²) in [5.74, 6) is -1.71. The van der Waals surface area contributed by atoms with Crippen LogP contribution in [0.5, 0.6) is 0 Å². The molecule has 2 N–H and O–H groups in total. The Bertz CT molecular complexity index is 743. The minimum absolute atomic E-state index is 0.000331. The van der Waals surface area contributed by atoms with Crippen LogP contribution in [-0.2, 0) is 19.9 Å². The van der Waals surface area contributed by atoms with Crippen LogP contribution in [0.15, 0.2) is 18.3 Å². The highest BCUT2D eigenvalue weighted by Gasteiger charge is 2.33. The summed E-state index contributed by atoms with van der Waals surface area (Å²) < 4.78 is 49.3. The van der Waals surface area contributed by atoms with Crippen molar-refractivity contribution in [2.45, 2.75) is 18.1 Å². The van der Waals surface area contributed by atoms with Gasteiger partial charge in [0.25, 0.3) is 0 Å². The van der Waals surface area contributed by atoms with Gasteiger partial charge in [-0.25, -0.2) is 26.6 Å². The quantitative estimate of drug-likeness (QED) is 0.798. The van der Waals surface area contributed by atoms with E-state index in [-0.39, 0.29) is 30.0 Å². The molecule has 1 aliphatic rings. The Morgan fingerprint density at radius 1 is 1.33 bits per heavy atom. The lowest BCUT2D eigenvalue weighted by Gasteiger charge is -2.22. The number of sulfone groups is 1. The van der Waals surface area contributed by atoms with Crippen LogP contribution in [0, 0.1) is 0 Å². The Morgan fingerprint density at radius 3 is 2.52 bits per heavy atom. The van der Waals surface area contributed by atoms with Crippen molar-refractivity contribution in [3.05, 3.63) is 24.0 Å². The first-order valence-electron chi connectivity index (χ1n) is 6.12. The first-order chi connectivity index (χ1) is 9.71. The van der Waals surface area contributed by atoms with Gasteiger partial charge in [-0.05, 0) is 25.0 Å². The molecular formula is C11H14N2O6S2. The van der Waals surface area contributed by atoms with Gasteiger partial charge in [-0.2, -0.15) is 0 Å². The predicted octanol–water partition coefficient (Wildman–Crippen LogP) is 0.0987. The van der Waals surface area contributed by atoms with E-state index in [4.69, 9.17) is 5.11 Å². The van der Waals surface area contributed by atoms with Gasteiger partial charge in [0.1, 0.15) is 9.84 Å². The summed E-state index contributed by atoms with van der Waals surface area (Å²) in [6.45, 7) is 0. The summed E-state index contributed by atoms with van der Waals surface area (Å²) >= 11 is 0. The second-order valence-corrected chi connectivity index (χ2v) is 8.97. The molecule has 0 radical (unpaired) electrons. The third-order valence-corrected chi connectivity index (χ3v) is 6.77. The Hall–Kier alpha value is -1.68. The number of nitrogens with one attached hydrogen (secondary N) is 1. The van der Waals surface area contributed by atoms with E-state index < -0.39 is 36.8 Å². The number of aromatic carboxylic acids is 1. The Morgan fingerprint density at radius 2 is 1.95 bits per heavy atom. The molecule has 1 aliphatic heterocycles. The van der Waals surface area contributed by atoms with Gasteiger partial charge in [-0.3, -0.25) is 4.72 Å². The largest absolute Gasteiger partial charge is 0.476 e. The highest BCUT2D eigenvalue weighted by Crippen LogP contribution is 2.23. The van der Waals surface area contributed by atoms with E-state index in [2.05, 4.69) is 9.71 Å². The third kappa shape index (κ3) is 3.70. The molecule has 10 heteroatoms. The molecule has 2 rings (SSSR count). The molecular weight excluding hydrogens is 320 g/mol. The van der Waals surface area contributed by atoms with Crippen LogP contribution >= 0.6 is 0 Å². The lowest BCUT2D eigenvalue weighted by atomic mass is 10.2. The van der Waals surface area contributed by atoms with E-state index in [1.165, 1.54) is 18.3 Å². The maximum Gasteiger partial charge on any atom is 0.356 e. The molecule has 0 unspecified atom stereocenters. The number of aromatic nitrogens is 1. The van der Waals surface area contributed by atoms with Crippen molar-refractivity contribution in [1.82, 2.24) is 4.98 Å². The maximum atomic E-state index is 12.2. The van der Waals surface area contributed by atoms with Gasteiger partial charge in [0.05, 0.1) is 22.4 Å². The molecule has 0 amide bonds. The van der Waals surface area contributed by atoms with Crippen molar-refractivity contribution in [3.63, 3.8) is 0 Å². The fraction of sp³-hybridized carbons (Fsp3) is 0.455. The number of sulfonamides is 1. The zero-order valence-electron chi connectivity index (χ0n) is 10.9. The SMILES string of the molecule is O=C(O)c1ncccc1NS(=O)(=O)C1CCS(=O)(=O)CC1. The lowest BCUT2D eigenvalue weighted by Crippen LogP contribution is -2.36. The molecule has 0 aromatic carbocycles. The van der Waals surface area contributed by atoms with E-state index >= 15 is 0 Å². The first-order valence-corrected chi connectivity index (χ1v) is 9.48.